The minimum Gasteiger partial charge on any atom is -0.469 e. The molecule has 27 heavy (non-hydrogen) atoms. The van der Waals surface area contributed by atoms with E-state index in [1.807, 2.05) is 6.07 Å². The molecule has 1 aromatic carbocycles. The molecule has 0 saturated carbocycles. The Kier molecular flexibility index (Phi) is 5.45. The molecule has 1 aliphatic carbocycles. The number of imidazole rings is 1. The van der Waals surface area contributed by atoms with Crippen LogP contribution in [0.1, 0.15) is 37.1 Å². The van der Waals surface area contributed by atoms with Gasteiger partial charge in [0, 0.05) is 29.9 Å². The minimum absolute atomic E-state index is 0.0572. The van der Waals surface area contributed by atoms with Gasteiger partial charge in [-0.1, -0.05) is 18.2 Å². The van der Waals surface area contributed by atoms with Crippen molar-refractivity contribution in [3.63, 3.8) is 0 Å². The lowest BCUT2D eigenvalue weighted by Crippen LogP contribution is -3.12. The van der Waals surface area contributed by atoms with Gasteiger partial charge in [-0.2, -0.15) is 0 Å². The number of carbonyl (C=O) groups excluding carboxylic acids is 1. The van der Waals surface area contributed by atoms with Crippen molar-refractivity contribution in [2.45, 2.75) is 45.2 Å². The number of aromatic nitrogens is 2. The van der Waals surface area contributed by atoms with E-state index in [-0.39, 0.29) is 11.9 Å². The van der Waals surface area contributed by atoms with E-state index in [1.54, 1.807) is 0 Å². The number of likely N-dealkylation sites (tertiary alicyclic amines) is 1. The third-order valence-corrected chi connectivity index (χ3v) is 6.45. The highest BCUT2D eigenvalue weighted by molar-refractivity contribution is 7.71. The average Bonchev–Trinajstić information content (AvgIpc) is 3.00. The van der Waals surface area contributed by atoms with E-state index in [4.69, 9.17) is 17.0 Å². The first-order valence-electron chi connectivity index (χ1n) is 9.99. The number of hydrogen-bond acceptors (Lipinski definition) is 3. The second kappa shape index (κ2) is 7.98. The highest BCUT2D eigenvalue weighted by Crippen LogP contribution is 2.26. The maximum Gasteiger partial charge on any atom is 0.309 e. The Labute approximate surface area is 165 Å². The summed E-state index contributed by atoms with van der Waals surface area (Å²) in [6.07, 6.45) is 6.47. The van der Waals surface area contributed by atoms with Crippen molar-refractivity contribution in [3.8, 4) is 5.69 Å². The van der Waals surface area contributed by atoms with Gasteiger partial charge in [-0.3, -0.25) is 13.9 Å². The van der Waals surface area contributed by atoms with Gasteiger partial charge in [0.05, 0.1) is 26.1 Å². The first-order chi connectivity index (χ1) is 13.2. The second-order valence-electron chi connectivity index (χ2n) is 7.69. The fourth-order valence-electron chi connectivity index (χ4n) is 4.57. The summed E-state index contributed by atoms with van der Waals surface area (Å²) in [7, 11) is 1.49. The van der Waals surface area contributed by atoms with E-state index in [2.05, 4.69) is 33.4 Å². The quantitative estimate of drug-likeness (QED) is 0.648. The van der Waals surface area contributed by atoms with Gasteiger partial charge >= 0.3 is 5.97 Å². The van der Waals surface area contributed by atoms with Crippen LogP contribution in [0.5, 0.6) is 0 Å². The summed E-state index contributed by atoms with van der Waals surface area (Å²) in [4.78, 5) is 13.3. The molecule has 4 rings (SSSR count). The lowest BCUT2D eigenvalue weighted by atomic mass is 9.97. The summed E-state index contributed by atoms with van der Waals surface area (Å²) in [5.74, 6) is 0.00725. The van der Waals surface area contributed by atoms with Gasteiger partial charge in [0.2, 0.25) is 0 Å². The number of fused-ring (bicyclic) bond motifs is 1. The Balaban J connectivity index is 1.60. The van der Waals surface area contributed by atoms with Crippen LogP contribution < -0.4 is 4.90 Å². The van der Waals surface area contributed by atoms with Gasteiger partial charge in [-0.25, -0.2) is 0 Å². The van der Waals surface area contributed by atoms with Crippen molar-refractivity contribution < 1.29 is 14.4 Å². The number of nitrogens with one attached hydrogen (secondary N) is 1. The summed E-state index contributed by atoms with van der Waals surface area (Å²) in [6.45, 7) is 2.88. The molecule has 0 atom stereocenters. The molecule has 5 nitrogen and oxygen atoms in total. The van der Waals surface area contributed by atoms with Gasteiger partial charge < -0.3 is 9.64 Å². The Bertz CT molecular complexity index is 864. The topological polar surface area (TPSA) is 40.6 Å². The van der Waals surface area contributed by atoms with Crippen molar-refractivity contribution in [2.75, 3.05) is 20.2 Å². The summed E-state index contributed by atoms with van der Waals surface area (Å²) in [5, 5.41) is 0. The molecule has 144 valence electrons. The monoisotopic (exact) mass is 386 g/mol. The molecule has 0 bridgehead atoms. The van der Waals surface area contributed by atoms with Crippen LogP contribution in [0.15, 0.2) is 30.3 Å². The van der Waals surface area contributed by atoms with Crippen LogP contribution in [0.25, 0.3) is 5.69 Å². The number of methoxy groups -OCH3 is 1. The molecule has 0 unspecified atom stereocenters. The highest BCUT2D eigenvalue weighted by atomic mass is 32.1. The standard InChI is InChI=1S/C21H27N3O2S/c1-26-20(25)16-11-13-22(14-12-16)15-23-18-9-5-6-10-19(18)24(21(23)27)17-7-3-2-4-8-17/h2-4,7-8,16H,5-6,9-15H2,1H3/p+1. The zero-order valence-electron chi connectivity index (χ0n) is 15.9. The van der Waals surface area contributed by atoms with Crippen molar-refractivity contribution >= 4 is 18.2 Å². The molecule has 0 spiro atoms. The van der Waals surface area contributed by atoms with Crippen LogP contribution in [0.4, 0.5) is 0 Å². The molecule has 2 heterocycles. The maximum absolute atomic E-state index is 11.8. The van der Waals surface area contributed by atoms with Crippen molar-refractivity contribution in [3.05, 3.63) is 46.5 Å². The summed E-state index contributed by atoms with van der Waals surface area (Å²) >= 11 is 5.93. The number of quaternary nitrogens is 1. The van der Waals surface area contributed by atoms with Crippen molar-refractivity contribution in [2.24, 2.45) is 5.92 Å². The first-order valence-corrected chi connectivity index (χ1v) is 10.4. The zero-order valence-corrected chi connectivity index (χ0v) is 16.8. The third-order valence-electron chi connectivity index (χ3n) is 6.05. The number of esters is 1. The molecule has 6 heteroatoms. The first kappa shape index (κ1) is 18.4. The number of para-hydroxylation sites is 1. The van der Waals surface area contributed by atoms with Gasteiger partial charge in [0.1, 0.15) is 0 Å². The largest absolute Gasteiger partial charge is 0.469 e. The molecule has 1 saturated heterocycles. The Morgan fingerprint density at radius 1 is 1.15 bits per heavy atom. The van der Waals surface area contributed by atoms with E-state index in [0.29, 0.717) is 0 Å². The Morgan fingerprint density at radius 3 is 2.48 bits per heavy atom. The van der Waals surface area contributed by atoms with Crippen LogP contribution in [0.2, 0.25) is 0 Å². The molecular weight excluding hydrogens is 358 g/mol. The Morgan fingerprint density at radius 2 is 1.81 bits per heavy atom. The Hall–Kier alpha value is -1.92. The number of hydrogen-bond donors (Lipinski definition) is 1. The number of ether oxygens (including phenoxy) is 1. The normalized spacial score (nSPS) is 22.3. The van der Waals surface area contributed by atoms with Crippen LogP contribution in [-0.2, 0) is 29.0 Å². The molecule has 1 fully saturated rings. The SMILES string of the molecule is COC(=O)C1CC[NH+](Cn2c3c(n(-c4ccccc4)c2=S)CCCC3)CC1. The molecule has 1 aromatic heterocycles. The molecule has 0 radical (unpaired) electrons. The number of nitrogens with zero attached hydrogens (tertiary/aromatic N) is 2. The molecule has 0 amide bonds. The van der Waals surface area contributed by atoms with Gasteiger partial charge in [0.25, 0.3) is 0 Å². The molecule has 1 N–H and O–H groups in total. The number of rotatable bonds is 4. The summed E-state index contributed by atoms with van der Waals surface area (Å²) < 4.78 is 10.5. The molecular formula is C21H28N3O2S+. The smallest absolute Gasteiger partial charge is 0.309 e. The average molecular weight is 387 g/mol. The van der Waals surface area contributed by atoms with E-state index >= 15 is 0 Å². The van der Waals surface area contributed by atoms with Crippen LogP contribution in [0, 0.1) is 10.7 Å². The highest BCUT2D eigenvalue weighted by Gasteiger charge is 2.30. The summed E-state index contributed by atoms with van der Waals surface area (Å²) in [6, 6.07) is 10.5. The lowest BCUT2D eigenvalue weighted by Gasteiger charge is -2.28. The number of carbonyl (C=O) groups is 1. The minimum atomic E-state index is -0.0572. The van der Waals surface area contributed by atoms with Crippen molar-refractivity contribution in [1.82, 2.24) is 9.13 Å². The number of piperidine rings is 1. The molecule has 1 aliphatic heterocycles. The number of benzene rings is 1. The van der Waals surface area contributed by atoms with E-state index in [1.165, 1.54) is 41.9 Å². The van der Waals surface area contributed by atoms with E-state index < -0.39 is 0 Å². The van der Waals surface area contributed by atoms with Crippen LogP contribution in [-0.4, -0.2) is 35.3 Å². The predicted molar refractivity (Wildman–Crippen MR) is 107 cm³/mol. The third kappa shape index (κ3) is 3.60. The lowest BCUT2D eigenvalue weighted by molar-refractivity contribution is -0.928. The molecule has 2 aromatic rings. The maximum atomic E-state index is 11.8. The van der Waals surface area contributed by atoms with Crippen molar-refractivity contribution in [1.29, 1.82) is 0 Å². The zero-order chi connectivity index (χ0) is 18.8. The molecule has 2 aliphatic rings. The van der Waals surface area contributed by atoms with E-state index in [9.17, 15) is 4.79 Å². The second-order valence-corrected chi connectivity index (χ2v) is 8.05. The summed E-state index contributed by atoms with van der Waals surface area (Å²) in [5.41, 5.74) is 3.97. The van der Waals surface area contributed by atoms with Gasteiger partial charge in [0.15, 0.2) is 11.4 Å². The fourth-order valence-corrected chi connectivity index (χ4v) is 4.96. The van der Waals surface area contributed by atoms with Crippen LogP contribution in [0.3, 0.4) is 0 Å². The van der Waals surface area contributed by atoms with E-state index in [0.717, 1.165) is 50.2 Å². The van der Waals surface area contributed by atoms with Gasteiger partial charge in [-0.15, -0.1) is 0 Å². The fraction of sp³-hybridized carbons (Fsp3) is 0.524. The predicted octanol–water partition coefficient (Wildman–Crippen LogP) is 2.31. The van der Waals surface area contributed by atoms with Crippen LogP contribution >= 0.6 is 12.2 Å². The van der Waals surface area contributed by atoms with Gasteiger partial charge in [-0.05, 0) is 50.0 Å².